The Balaban J connectivity index is 1.69. The first kappa shape index (κ1) is 20.6. The Morgan fingerprint density at radius 2 is 2.07 bits per heavy atom. The molecule has 154 valence electrons. The first-order valence-corrected chi connectivity index (χ1v) is 8.55. The third-order valence-corrected chi connectivity index (χ3v) is 3.94. The van der Waals surface area contributed by atoms with Crippen LogP contribution in [0.5, 0.6) is 5.88 Å². The average molecular weight is 413 g/mol. The summed E-state index contributed by atoms with van der Waals surface area (Å²) in [6, 6.07) is 7.74. The van der Waals surface area contributed by atoms with Crippen LogP contribution in [0.15, 0.2) is 54.3 Å². The smallest absolute Gasteiger partial charge is 0.265 e. The van der Waals surface area contributed by atoms with E-state index in [1.54, 1.807) is 19.1 Å². The molecule has 30 heavy (non-hydrogen) atoms. The second-order valence-electron chi connectivity index (χ2n) is 6.05. The minimum Gasteiger partial charge on any atom is -0.470 e. The van der Waals surface area contributed by atoms with E-state index in [0.29, 0.717) is 22.8 Å². The lowest BCUT2D eigenvalue weighted by Gasteiger charge is -2.22. The molecule has 0 aliphatic rings. The molecule has 3 heterocycles. The zero-order valence-electron chi connectivity index (χ0n) is 15.8. The van der Waals surface area contributed by atoms with E-state index in [1.807, 2.05) is 6.07 Å². The predicted molar refractivity (Wildman–Crippen MR) is 102 cm³/mol. The number of hydrogen-bond donors (Lipinski definition) is 2. The lowest BCUT2D eigenvalue weighted by molar-refractivity contribution is 0.151. The van der Waals surface area contributed by atoms with Crippen molar-refractivity contribution in [3.05, 3.63) is 65.4 Å². The van der Waals surface area contributed by atoms with Crippen LogP contribution < -0.4 is 21.3 Å². The normalized spacial score (nSPS) is 11.7. The van der Waals surface area contributed by atoms with Crippen LogP contribution in [0.3, 0.4) is 0 Å². The van der Waals surface area contributed by atoms with Gasteiger partial charge in [0, 0.05) is 23.5 Å². The molecule has 3 rings (SSSR count). The number of allylic oxidation sites excluding steroid dienone is 1. The molecular weight excluding hydrogens is 396 g/mol. The SMILES string of the molecule is C/C(N)=C(\COc1ccc(-n2cc(C#N)cn2)nn1)N(N)c1ccc(C(F)F)cn1. The molecule has 0 aliphatic carbocycles. The number of rotatable bonds is 7. The Morgan fingerprint density at radius 1 is 1.27 bits per heavy atom. The van der Waals surface area contributed by atoms with E-state index >= 15 is 0 Å². The summed E-state index contributed by atoms with van der Waals surface area (Å²) in [5.74, 6) is 6.85. The van der Waals surface area contributed by atoms with Gasteiger partial charge in [-0.2, -0.15) is 10.4 Å². The largest absolute Gasteiger partial charge is 0.470 e. The molecular formula is C18H17F2N9O. The van der Waals surface area contributed by atoms with Gasteiger partial charge in [0.05, 0.1) is 23.7 Å². The Morgan fingerprint density at radius 3 is 2.60 bits per heavy atom. The van der Waals surface area contributed by atoms with E-state index in [1.165, 1.54) is 29.2 Å². The quantitative estimate of drug-likeness (QED) is 0.437. The maximum atomic E-state index is 12.7. The van der Waals surface area contributed by atoms with Crippen molar-refractivity contribution in [1.29, 1.82) is 5.26 Å². The van der Waals surface area contributed by atoms with Gasteiger partial charge in [-0.25, -0.2) is 24.3 Å². The molecule has 0 atom stereocenters. The fourth-order valence-electron chi connectivity index (χ4n) is 2.34. The second-order valence-corrected chi connectivity index (χ2v) is 6.05. The predicted octanol–water partition coefficient (Wildman–Crippen LogP) is 1.82. The van der Waals surface area contributed by atoms with Crippen LogP contribution in [0, 0.1) is 11.3 Å². The van der Waals surface area contributed by atoms with E-state index in [4.69, 9.17) is 21.6 Å². The fraction of sp³-hybridized carbons (Fsp3) is 0.167. The van der Waals surface area contributed by atoms with E-state index in [2.05, 4.69) is 20.3 Å². The average Bonchev–Trinajstić information content (AvgIpc) is 3.23. The maximum Gasteiger partial charge on any atom is 0.265 e. The highest BCUT2D eigenvalue weighted by Crippen LogP contribution is 2.21. The molecule has 0 unspecified atom stereocenters. The number of nitriles is 1. The van der Waals surface area contributed by atoms with Gasteiger partial charge in [-0.05, 0) is 25.1 Å². The van der Waals surface area contributed by atoms with Gasteiger partial charge in [-0.3, -0.25) is 5.01 Å². The van der Waals surface area contributed by atoms with Crippen LogP contribution in [0.1, 0.15) is 24.5 Å². The van der Waals surface area contributed by atoms with Gasteiger partial charge in [0.2, 0.25) is 5.88 Å². The zero-order chi connectivity index (χ0) is 21.7. The van der Waals surface area contributed by atoms with Crippen LogP contribution in [0.25, 0.3) is 5.82 Å². The number of anilines is 1. The minimum atomic E-state index is -2.62. The van der Waals surface area contributed by atoms with Crippen LogP contribution in [0.4, 0.5) is 14.6 Å². The maximum absolute atomic E-state index is 12.7. The number of nitrogens with zero attached hydrogens (tertiary/aromatic N) is 7. The number of hydrazine groups is 1. The Labute approximate surface area is 170 Å². The number of aromatic nitrogens is 5. The molecule has 12 heteroatoms. The summed E-state index contributed by atoms with van der Waals surface area (Å²) in [4.78, 5) is 3.93. The topological polar surface area (TPSA) is 145 Å². The summed E-state index contributed by atoms with van der Waals surface area (Å²) in [7, 11) is 0. The molecule has 0 spiro atoms. The van der Waals surface area contributed by atoms with E-state index in [0.717, 1.165) is 11.2 Å². The van der Waals surface area contributed by atoms with Crippen molar-refractivity contribution in [3.63, 3.8) is 0 Å². The molecule has 0 saturated carbocycles. The summed E-state index contributed by atoms with van der Waals surface area (Å²) in [5.41, 5.74) is 6.78. The highest BCUT2D eigenvalue weighted by molar-refractivity contribution is 5.45. The fourth-order valence-corrected chi connectivity index (χ4v) is 2.34. The molecule has 0 radical (unpaired) electrons. The molecule has 0 aromatic carbocycles. The minimum absolute atomic E-state index is 0.0640. The summed E-state index contributed by atoms with van der Waals surface area (Å²) >= 11 is 0. The van der Waals surface area contributed by atoms with Gasteiger partial charge in [-0.1, -0.05) is 0 Å². The zero-order valence-corrected chi connectivity index (χ0v) is 15.8. The van der Waals surface area contributed by atoms with E-state index in [-0.39, 0.29) is 23.9 Å². The second kappa shape index (κ2) is 8.93. The molecule has 3 aromatic heterocycles. The number of nitrogens with two attached hydrogens (primary N) is 2. The van der Waals surface area contributed by atoms with Crippen LogP contribution in [0.2, 0.25) is 0 Å². The number of halogens is 2. The number of alkyl halides is 2. The number of pyridine rings is 1. The first-order valence-electron chi connectivity index (χ1n) is 8.55. The van der Waals surface area contributed by atoms with E-state index < -0.39 is 6.43 Å². The van der Waals surface area contributed by atoms with E-state index in [9.17, 15) is 8.78 Å². The molecule has 4 N–H and O–H groups in total. The summed E-state index contributed by atoms with van der Waals surface area (Å²) in [5, 5.41) is 21.9. The van der Waals surface area contributed by atoms with Crippen LogP contribution in [-0.2, 0) is 0 Å². The Bertz CT molecular complexity index is 1070. The Kier molecular flexibility index (Phi) is 6.14. The third kappa shape index (κ3) is 4.65. The van der Waals surface area contributed by atoms with Crippen molar-refractivity contribution in [2.24, 2.45) is 11.6 Å². The van der Waals surface area contributed by atoms with Crippen molar-refractivity contribution in [2.45, 2.75) is 13.3 Å². The van der Waals surface area contributed by atoms with Crippen molar-refractivity contribution in [1.82, 2.24) is 25.0 Å². The lowest BCUT2D eigenvalue weighted by atomic mass is 10.3. The van der Waals surface area contributed by atoms with Crippen molar-refractivity contribution >= 4 is 5.82 Å². The highest BCUT2D eigenvalue weighted by atomic mass is 19.3. The molecule has 0 saturated heterocycles. The molecule has 0 fully saturated rings. The van der Waals surface area contributed by atoms with Gasteiger partial charge in [0.1, 0.15) is 18.5 Å². The third-order valence-electron chi connectivity index (χ3n) is 3.94. The number of hydrogen-bond acceptors (Lipinski definition) is 9. The Hall–Kier alpha value is -4.11. The first-order chi connectivity index (χ1) is 14.4. The van der Waals surface area contributed by atoms with Gasteiger partial charge in [0.25, 0.3) is 6.43 Å². The lowest BCUT2D eigenvalue weighted by Crippen LogP contribution is -2.35. The van der Waals surface area contributed by atoms with Crippen molar-refractivity contribution in [2.75, 3.05) is 11.6 Å². The van der Waals surface area contributed by atoms with Gasteiger partial charge in [-0.15, -0.1) is 10.2 Å². The van der Waals surface area contributed by atoms with Crippen LogP contribution >= 0.6 is 0 Å². The van der Waals surface area contributed by atoms with Crippen LogP contribution in [-0.4, -0.2) is 31.6 Å². The monoisotopic (exact) mass is 413 g/mol. The molecule has 0 amide bonds. The molecule has 0 aliphatic heterocycles. The molecule has 0 bridgehead atoms. The van der Waals surface area contributed by atoms with Gasteiger partial charge >= 0.3 is 0 Å². The highest BCUT2D eigenvalue weighted by Gasteiger charge is 2.15. The molecule has 3 aromatic rings. The van der Waals surface area contributed by atoms with Gasteiger partial charge in [0.15, 0.2) is 5.82 Å². The summed E-state index contributed by atoms with van der Waals surface area (Å²) in [6.45, 7) is 1.55. The van der Waals surface area contributed by atoms with Crippen molar-refractivity contribution < 1.29 is 13.5 Å². The van der Waals surface area contributed by atoms with Gasteiger partial charge < -0.3 is 10.5 Å². The van der Waals surface area contributed by atoms with Crippen molar-refractivity contribution in [3.8, 4) is 17.8 Å². The summed E-state index contributed by atoms with van der Waals surface area (Å²) in [6.07, 6.45) is 1.34. The number of ether oxygens (including phenoxy) is 1. The molecule has 10 nitrogen and oxygen atoms in total. The standard InChI is InChI=1S/C18H17F2N9O/c1-11(22)14(29(23)15-3-2-13(8-24-15)18(19)20)10-30-17-5-4-16(26-27-17)28-9-12(6-21)7-25-28/h2-5,7-9,18H,10,22-23H2,1H3/b14-11-. The summed E-state index contributed by atoms with van der Waals surface area (Å²) < 4.78 is 32.4.